The Balaban J connectivity index is 2.55. The summed E-state index contributed by atoms with van der Waals surface area (Å²) in [6.45, 7) is 4.42. The topological polar surface area (TPSA) is 50.9 Å². The Morgan fingerprint density at radius 2 is 2.33 bits per heavy atom. The predicted octanol–water partition coefficient (Wildman–Crippen LogP) is 3.44. The van der Waals surface area contributed by atoms with Crippen molar-refractivity contribution in [2.75, 3.05) is 17.3 Å². The van der Waals surface area contributed by atoms with Crippen molar-refractivity contribution in [3.05, 3.63) is 0 Å². The van der Waals surface area contributed by atoms with Gasteiger partial charge < -0.3 is 11.1 Å². The fraction of sp³-hybridized carbons (Fsp3) is 0.700. The molecule has 5 heteroatoms. The van der Waals surface area contributed by atoms with Gasteiger partial charge in [0.05, 0.1) is 4.90 Å². The average molecular weight is 245 g/mol. The van der Waals surface area contributed by atoms with Crippen molar-refractivity contribution in [2.45, 2.75) is 44.0 Å². The molecule has 0 aliphatic rings. The maximum absolute atomic E-state index is 5.77. The van der Waals surface area contributed by atoms with Crippen LogP contribution in [0.3, 0.4) is 0 Å². The van der Waals surface area contributed by atoms with Crippen molar-refractivity contribution in [2.24, 2.45) is 0 Å². The van der Waals surface area contributed by atoms with Gasteiger partial charge in [0, 0.05) is 6.04 Å². The van der Waals surface area contributed by atoms with Crippen LogP contribution in [0.5, 0.6) is 0 Å². The number of anilines is 2. The highest BCUT2D eigenvalue weighted by atomic mass is 32.2. The Morgan fingerprint density at radius 1 is 1.60 bits per heavy atom. The molecule has 0 saturated heterocycles. The van der Waals surface area contributed by atoms with Crippen LogP contribution >= 0.6 is 23.3 Å². The van der Waals surface area contributed by atoms with Crippen LogP contribution in [0.25, 0.3) is 0 Å². The van der Waals surface area contributed by atoms with Gasteiger partial charge >= 0.3 is 0 Å². The summed E-state index contributed by atoms with van der Waals surface area (Å²) in [5.74, 6) is 0.651. The van der Waals surface area contributed by atoms with Crippen molar-refractivity contribution >= 4 is 34.1 Å². The molecule has 0 aromatic carbocycles. The van der Waals surface area contributed by atoms with Gasteiger partial charge in [-0.1, -0.05) is 19.8 Å². The molecular weight excluding hydrogens is 226 g/mol. The smallest absolute Gasteiger partial charge is 0.153 e. The van der Waals surface area contributed by atoms with Gasteiger partial charge in [0.25, 0.3) is 0 Å². The van der Waals surface area contributed by atoms with E-state index in [1.807, 2.05) is 6.26 Å². The summed E-state index contributed by atoms with van der Waals surface area (Å²) in [4.78, 5) is 1.09. The van der Waals surface area contributed by atoms with Gasteiger partial charge in [-0.2, -0.15) is 4.37 Å². The lowest BCUT2D eigenvalue weighted by atomic mass is 10.1. The molecule has 1 aromatic rings. The lowest BCUT2D eigenvalue weighted by molar-refractivity contribution is 0.645. The molecule has 3 N–H and O–H groups in total. The third kappa shape index (κ3) is 3.57. The maximum atomic E-state index is 5.77. The fourth-order valence-corrected chi connectivity index (χ4v) is 3.03. The van der Waals surface area contributed by atoms with Crippen LogP contribution in [-0.2, 0) is 0 Å². The number of unbranched alkanes of at least 4 members (excludes halogenated alkanes) is 1. The van der Waals surface area contributed by atoms with E-state index in [0.717, 1.165) is 9.90 Å². The second-order valence-electron chi connectivity index (χ2n) is 3.62. The standard InChI is InChI=1S/C10H19N3S2/c1-4-5-6-7(2)12-10-8(14-3)9(11)13-15-10/h7,12H,4-6H2,1-3H3,(H2,11,13). The van der Waals surface area contributed by atoms with Gasteiger partial charge in [-0.05, 0) is 31.1 Å². The number of nitrogen functional groups attached to an aromatic ring is 1. The Kier molecular flexibility index (Phi) is 5.25. The zero-order chi connectivity index (χ0) is 11.3. The number of nitrogens with two attached hydrogens (primary N) is 1. The molecular formula is C10H19N3S2. The van der Waals surface area contributed by atoms with Crippen LogP contribution < -0.4 is 11.1 Å². The third-order valence-electron chi connectivity index (χ3n) is 2.25. The van der Waals surface area contributed by atoms with E-state index < -0.39 is 0 Å². The van der Waals surface area contributed by atoms with Crippen LogP contribution in [0.15, 0.2) is 4.90 Å². The Bertz CT molecular complexity index is 299. The van der Waals surface area contributed by atoms with Crippen molar-refractivity contribution in [3.63, 3.8) is 0 Å². The molecule has 0 fully saturated rings. The molecule has 3 nitrogen and oxygen atoms in total. The highest BCUT2D eigenvalue weighted by molar-refractivity contribution is 7.99. The zero-order valence-corrected chi connectivity index (χ0v) is 11.2. The summed E-state index contributed by atoms with van der Waals surface area (Å²) < 4.78 is 4.16. The Labute approximate surface area is 100.0 Å². The van der Waals surface area contributed by atoms with E-state index in [4.69, 9.17) is 5.73 Å². The minimum Gasteiger partial charge on any atom is -0.382 e. The fourth-order valence-electron chi connectivity index (χ4n) is 1.39. The van der Waals surface area contributed by atoms with Crippen molar-refractivity contribution in [1.82, 2.24) is 4.37 Å². The summed E-state index contributed by atoms with van der Waals surface area (Å²) in [6, 6.07) is 0.496. The molecule has 1 heterocycles. The van der Waals surface area contributed by atoms with E-state index in [9.17, 15) is 0 Å². The molecule has 15 heavy (non-hydrogen) atoms. The van der Waals surface area contributed by atoms with Crippen molar-refractivity contribution in [1.29, 1.82) is 0 Å². The second-order valence-corrected chi connectivity index (χ2v) is 5.21. The SMILES string of the molecule is CCCCC(C)Nc1snc(N)c1SC. The molecule has 0 aliphatic heterocycles. The van der Waals surface area contributed by atoms with Gasteiger partial charge in [0.1, 0.15) is 5.00 Å². The molecule has 0 saturated carbocycles. The first-order valence-electron chi connectivity index (χ1n) is 5.24. The van der Waals surface area contributed by atoms with E-state index in [-0.39, 0.29) is 0 Å². The van der Waals surface area contributed by atoms with E-state index >= 15 is 0 Å². The number of aromatic nitrogens is 1. The number of hydrogen-bond donors (Lipinski definition) is 2. The molecule has 0 amide bonds. The lowest BCUT2D eigenvalue weighted by Crippen LogP contribution is -2.14. The summed E-state index contributed by atoms with van der Waals surface area (Å²) in [6.07, 6.45) is 5.73. The first-order valence-corrected chi connectivity index (χ1v) is 7.24. The molecule has 1 aromatic heterocycles. The van der Waals surface area contributed by atoms with Crippen LogP contribution in [0, 0.1) is 0 Å². The minimum atomic E-state index is 0.496. The first-order chi connectivity index (χ1) is 7.19. The van der Waals surface area contributed by atoms with E-state index in [0.29, 0.717) is 11.9 Å². The quantitative estimate of drug-likeness (QED) is 0.754. The number of rotatable bonds is 6. The molecule has 86 valence electrons. The first kappa shape index (κ1) is 12.6. The van der Waals surface area contributed by atoms with Gasteiger partial charge in [-0.25, -0.2) is 0 Å². The Morgan fingerprint density at radius 3 is 2.93 bits per heavy atom. The highest BCUT2D eigenvalue weighted by Gasteiger charge is 2.12. The molecule has 0 radical (unpaired) electrons. The summed E-state index contributed by atoms with van der Waals surface area (Å²) in [5.41, 5.74) is 5.77. The number of hydrogen-bond acceptors (Lipinski definition) is 5. The molecule has 1 atom stereocenters. The third-order valence-corrected chi connectivity index (χ3v) is 3.99. The molecule has 1 unspecified atom stereocenters. The van der Waals surface area contributed by atoms with E-state index in [1.54, 1.807) is 11.8 Å². The maximum Gasteiger partial charge on any atom is 0.153 e. The summed E-state index contributed by atoms with van der Waals surface area (Å²) >= 11 is 3.11. The van der Waals surface area contributed by atoms with Gasteiger partial charge in [0.2, 0.25) is 0 Å². The number of nitrogens with zero attached hydrogens (tertiary/aromatic N) is 1. The molecule has 1 rings (SSSR count). The van der Waals surface area contributed by atoms with Gasteiger partial charge in [-0.3, -0.25) is 0 Å². The highest BCUT2D eigenvalue weighted by Crippen LogP contribution is 2.35. The van der Waals surface area contributed by atoms with Gasteiger partial charge in [-0.15, -0.1) is 11.8 Å². The lowest BCUT2D eigenvalue weighted by Gasteiger charge is -2.13. The van der Waals surface area contributed by atoms with E-state index in [1.165, 1.54) is 30.8 Å². The number of thioether (sulfide) groups is 1. The minimum absolute atomic E-state index is 0.496. The largest absolute Gasteiger partial charge is 0.382 e. The molecule has 0 bridgehead atoms. The van der Waals surface area contributed by atoms with Crippen LogP contribution in [0.4, 0.5) is 10.8 Å². The summed E-state index contributed by atoms with van der Waals surface area (Å²) in [5, 5.41) is 4.59. The van der Waals surface area contributed by atoms with Crippen molar-refractivity contribution in [3.8, 4) is 0 Å². The Hall–Kier alpha value is -0.420. The van der Waals surface area contributed by atoms with Crippen molar-refractivity contribution < 1.29 is 0 Å². The zero-order valence-electron chi connectivity index (χ0n) is 9.54. The molecule has 0 aliphatic carbocycles. The van der Waals surface area contributed by atoms with E-state index in [2.05, 4.69) is 23.5 Å². The van der Waals surface area contributed by atoms with Gasteiger partial charge in [0.15, 0.2) is 5.82 Å². The average Bonchev–Trinajstić information content (AvgIpc) is 2.56. The van der Waals surface area contributed by atoms with Crippen LogP contribution in [-0.4, -0.2) is 16.7 Å². The van der Waals surface area contributed by atoms with Crippen LogP contribution in [0.2, 0.25) is 0 Å². The molecule has 0 spiro atoms. The van der Waals surface area contributed by atoms with Crippen LogP contribution in [0.1, 0.15) is 33.1 Å². The summed E-state index contributed by atoms with van der Waals surface area (Å²) in [7, 11) is 0. The number of nitrogens with one attached hydrogen (secondary N) is 1. The monoisotopic (exact) mass is 245 g/mol. The normalized spacial score (nSPS) is 12.7. The predicted molar refractivity (Wildman–Crippen MR) is 70.9 cm³/mol. The second kappa shape index (κ2) is 6.23.